The Morgan fingerprint density at radius 3 is 2.47 bits per heavy atom. The van der Waals surface area contributed by atoms with E-state index in [0.29, 0.717) is 18.0 Å². The third-order valence-electron chi connectivity index (χ3n) is 2.53. The molecule has 0 aliphatic carbocycles. The molecule has 0 aliphatic rings. The Morgan fingerprint density at radius 2 is 1.84 bits per heavy atom. The predicted octanol–water partition coefficient (Wildman–Crippen LogP) is 3.69. The molecule has 2 aromatic rings. The molecule has 0 fully saturated rings. The van der Waals surface area contributed by atoms with E-state index in [1.54, 1.807) is 19.1 Å². The molecule has 0 heterocycles. The molecule has 3 nitrogen and oxygen atoms in total. The summed E-state index contributed by atoms with van der Waals surface area (Å²) in [5.74, 6) is -0.710. The highest BCUT2D eigenvalue weighted by molar-refractivity contribution is 5.74. The van der Waals surface area contributed by atoms with E-state index in [1.807, 2.05) is 0 Å². The lowest BCUT2D eigenvalue weighted by Crippen LogP contribution is -2.01. The average molecular weight is 264 g/mol. The standard InChI is InChI=1S/C14H14F2N2O/c1-2-19-14-8-13(12(17)7-11(14)16)18-10-5-3-9(15)4-6-10/h3-8,18H,2,17H2,1H3. The van der Waals surface area contributed by atoms with Gasteiger partial charge in [0.25, 0.3) is 0 Å². The Morgan fingerprint density at radius 1 is 1.16 bits per heavy atom. The highest BCUT2D eigenvalue weighted by atomic mass is 19.1. The normalized spacial score (nSPS) is 10.3. The maximum absolute atomic E-state index is 13.5. The van der Waals surface area contributed by atoms with Gasteiger partial charge in [0.1, 0.15) is 5.82 Å². The summed E-state index contributed by atoms with van der Waals surface area (Å²) in [7, 11) is 0. The minimum atomic E-state index is -0.510. The molecule has 0 amide bonds. The molecule has 0 saturated carbocycles. The fourth-order valence-electron chi connectivity index (χ4n) is 1.63. The summed E-state index contributed by atoms with van der Waals surface area (Å²) in [6.45, 7) is 2.12. The van der Waals surface area contributed by atoms with Gasteiger partial charge in [-0.05, 0) is 31.2 Å². The van der Waals surface area contributed by atoms with Gasteiger partial charge >= 0.3 is 0 Å². The van der Waals surface area contributed by atoms with Crippen LogP contribution in [0.4, 0.5) is 25.8 Å². The number of hydrogen-bond acceptors (Lipinski definition) is 3. The molecule has 0 aliphatic heterocycles. The zero-order valence-corrected chi connectivity index (χ0v) is 10.4. The van der Waals surface area contributed by atoms with E-state index in [9.17, 15) is 8.78 Å². The summed E-state index contributed by atoms with van der Waals surface area (Å²) in [6, 6.07) is 8.46. The van der Waals surface area contributed by atoms with Crippen molar-refractivity contribution in [2.24, 2.45) is 0 Å². The maximum atomic E-state index is 13.5. The monoisotopic (exact) mass is 264 g/mol. The van der Waals surface area contributed by atoms with Gasteiger partial charge in [0, 0.05) is 17.8 Å². The summed E-state index contributed by atoms with van der Waals surface area (Å²) in [6.07, 6.45) is 0. The number of hydrogen-bond donors (Lipinski definition) is 2. The number of halogens is 2. The number of benzene rings is 2. The second kappa shape index (κ2) is 5.56. The van der Waals surface area contributed by atoms with Crippen molar-refractivity contribution < 1.29 is 13.5 Å². The van der Waals surface area contributed by atoms with Crippen LogP contribution in [0.3, 0.4) is 0 Å². The predicted molar refractivity (Wildman–Crippen MR) is 71.7 cm³/mol. The Balaban J connectivity index is 2.28. The molecular weight excluding hydrogens is 250 g/mol. The number of ether oxygens (including phenoxy) is 1. The molecule has 0 radical (unpaired) electrons. The summed E-state index contributed by atoms with van der Waals surface area (Å²) in [5, 5.41) is 2.99. The third-order valence-corrected chi connectivity index (χ3v) is 2.53. The molecule has 5 heteroatoms. The largest absolute Gasteiger partial charge is 0.491 e. The second-order valence-corrected chi connectivity index (χ2v) is 3.93. The topological polar surface area (TPSA) is 47.3 Å². The van der Waals surface area contributed by atoms with Crippen molar-refractivity contribution in [3.8, 4) is 5.75 Å². The van der Waals surface area contributed by atoms with Crippen molar-refractivity contribution in [2.45, 2.75) is 6.92 Å². The van der Waals surface area contributed by atoms with E-state index in [2.05, 4.69) is 5.32 Å². The molecule has 2 aromatic carbocycles. The van der Waals surface area contributed by atoms with Crippen LogP contribution in [0.25, 0.3) is 0 Å². The van der Waals surface area contributed by atoms with Crippen molar-refractivity contribution in [2.75, 3.05) is 17.7 Å². The Labute approximate surface area is 110 Å². The average Bonchev–Trinajstić information content (AvgIpc) is 2.38. The van der Waals surface area contributed by atoms with E-state index < -0.39 is 5.82 Å². The lowest BCUT2D eigenvalue weighted by atomic mass is 10.2. The highest BCUT2D eigenvalue weighted by Crippen LogP contribution is 2.30. The minimum Gasteiger partial charge on any atom is -0.491 e. The van der Waals surface area contributed by atoms with Gasteiger partial charge < -0.3 is 15.8 Å². The SMILES string of the molecule is CCOc1cc(Nc2ccc(F)cc2)c(N)cc1F. The maximum Gasteiger partial charge on any atom is 0.167 e. The van der Waals surface area contributed by atoms with Gasteiger partial charge in [0.15, 0.2) is 11.6 Å². The van der Waals surface area contributed by atoms with E-state index in [1.165, 1.54) is 24.3 Å². The second-order valence-electron chi connectivity index (χ2n) is 3.93. The number of nitrogen functional groups attached to an aromatic ring is 1. The molecular formula is C14H14F2N2O. The summed E-state index contributed by atoms with van der Waals surface area (Å²) in [5.41, 5.74) is 7.15. The van der Waals surface area contributed by atoms with Crippen LogP contribution in [0, 0.1) is 11.6 Å². The van der Waals surface area contributed by atoms with Crippen LogP contribution in [-0.2, 0) is 0 Å². The van der Waals surface area contributed by atoms with E-state index in [-0.39, 0.29) is 17.3 Å². The quantitative estimate of drug-likeness (QED) is 0.828. The number of rotatable bonds is 4. The van der Waals surface area contributed by atoms with Gasteiger partial charge in [-0.15, -0.1) is 0 Å². The van der Waals surface area contributed by atoms with Gasteiger partial charge in [-0.2, -0.15) is 0 Å². The lowest BCUT2D eigenvalue weighted by molar-refractivity contribution is 0.322. The van der Waals surface area contributed by atoms with E-state index in [0.717, 1.165) is 0 Å². The smallest absolute Gasteiger partial charge is 0.167 e. The lowest BCUT2D eigenvalue weighted by Gasteiger charge is -2.12. The van der Waals surface area contributed by atoms with E-state index >= 15 is 0 Å². The fraction of sp³-hybridized carbons (Fsp3) is 0.143. The third kappa shape index (κ3) is 3.13. The van der Waals surface area contributed by atoms with Crippen LogP contribution in [-0.4, -0.2) is 6.61 Å². The van der Waals surface area contributed by atoms with Crippen molar-refractivity contribution in [3.63, 3.8) is 0 Å². The van der Waals surface area contributed by atoms with Crippen molar-refractivity contribution in [3.05, 3.63) is 48.0 Å². The molecule has 0 aromatic heterocycles. The van der Waals surface area contributed by atoms with Crippen molar-refractivity contribution >= 4 is 17.1 Å². The molecule has 0 spiro atoms. The van der Waals surface area contributed by atoms with Crippen LogP contribution < -0.4 is 15.8 Å². The zero-order valence-electron chi connectivity index (χ0n) is 10.4. The van der Waals surface area contributed by atoms with Gasteiger partial charge in [0.05, 0.1) is 18.0 Å². The van der Waals surface area contributed by atoms with Gasteiger partial charge in [-0.1, -0.05) is 0 Å². The molecule has 0 atom stereocenters. The number of nitrogens with one attached hydrogen (secondary N) is 1. The zero-order chi connectivity index (χ0) is 13.8. The molecule has 0 saturated heterocycles. The first-order valence-electron chi connectivity index (χ1n) is 5.84. The number of nitrogens with two attached hydrogens (primary N) is 1. The molecule has 3 N–H and O–H groups in total. The van der Waals surface area contributed by atoms with Crippen molar-refractivity contribution in [1.29, 1.82) is 0 Å². The summed E-state index contributed by atoms with van der Waals surface area (Å²) < 4.78 is 31.5. The summed E-state index contributed by atoms with van der Waals surface area (Å²) in [4.78, 5) is 0. The Bertz CT molecular complexity index is 570. The molecule has 2 rings (SSSR count). The molecule has 0 unspecified atom stereocenters. The van der Waals surface area contributed by atoms with Crippen LogP contribution in [0.2, 0.25) is 0 Å². The minimum absolute atomic E-state index is 0.126. The number of anilines is 3. The van der Waals surface area contributed by atoms with Crippen LogP contribution in [0.1, 0.15) is 6.92 Å². The van der Waals surface area contributed by atoms with Gasteiger partial charge in [-0.3, -0.25) is 0 Å². The van der Waals surface area contributed by atoms with Crippen molar-refractivity contribution in [1.82, 2.24) is 0 Å². The van der Waals surface area contributed by atoms with Gasteiger partial charge in [-0.25, -0.2) is 8.78 Å². The first-order valence-corrected chi connectivity index (χ1v) is 5.84. The van der Waals surface area contributed by atoms with Gasteiger partial charge in [0.2, 0.25) is 0 Å². The first kappa shape index (κ1) is 13.1. The van der Waals surface area contributed by atoms with Crippen LogP contribution >= 0.6 is 0 Å². The molecule has 19 heavy (non-hydrogen) atoms. The molecule has 100 valence electrons. The Hall–Kier alpha value is -2.30. The Kier molecular flexibility index (Phi) is 3.85. The van der Waals surface area contributed by atoms with Crippen LogP contribution in [0.15, 0.2) is 36.4 Å². The fourth-order valence-corrected chi connectivity index (χ4v) is 1.63. The summed E-state index contributed by atoms with van der Waals surface area (Å²) >= 11 is 0. The van der Waals surface area contributed by atoms with E-state index in [4.69, 9.17) is 10.5 Å². The highest BCUT2D eigenvalue weighted by Gasteiger charge is 2.09. The van der Waals surface area contributed by atoms with Crippen LogP contribution in [0.5, 0.6) is 5.75 Å². The molecule has 0 bridgehead atoms. The first-order chi connectivity index (χ1) is 9.10.